The molecule has 2 aromatic heterocycles. The first kappa shape index (κ1) is 14.7. The molecule has 116 valence electrons. The van der Waals surface area contributed by atoms with E-state index in [9.17, 15) is 4.79 Å². The molecule has 1 aliphatic rings. The van der Waals surface area contributed by atoms with Crippen molar-refractivity contribution in [2.45, 2.75) is 25.8 Å². The predicted octanol–water partition coefficient (Wildman–Crippen LogP) is 1.94. The van der Waals surface area contributed by atoms with Gasteiger partial charge in [-0.2, -0.15) is 0 Å². The van der Waals surface area contributed by atoms with Crippen LogP contribution in [0.1, 0.15) is 30.3 Å². The minimum Gasteiger partial charge on any atom is -0.350 e. The number of nitrogens with two attached hydrogens (primary N) is 1. The molecule has 2 aromatic rings. The molecule has 1 saturated heterocycles. The van der Waals surface area contributed by atoms with E-state index in [-0.39, 0.29) is 17.7 Å². The molecule has 6 heteroatoms. The molecule has 2 unspecified atom stereocenters. The summed E-state index contributed by atoms with van der Waals surface area (Å²) in [5, 5.41) is 3.95. The smallest absolute Gasteiger partial charge is 0.292 e. The zero-order valence-electron chi connectivity index (χ0n) is 12.6. The molecular weight excluding hydrogens is 280 g/mol. The maximum absolute atomic E-state index is 12.6. The third kappa shape index (κ3) is 2.87. The summed E-state index contributed by atoms with van der Waals surface area (Å²) >= 11 is 0. The van der Waals surface area contributed by atoms with Gasteiger partial charge in [0.15, 0.2) is 0 Å². The Morgan fingerprint density at radius 1 is 1.45 bits per heavy atom. The topological polar surface area (TPSA) is 85.2 Å². The summed E-state index contributed by atoms with van der Waals surface area (Å²) < 4.78 is 5.23. The molecule has 1 amide bonds. The molecule has 1 aliphatic heterocycles. The van der Waals surface area contributed by atoms with Crippen molar-refractivity contribution in [3.8, 4) is 11.4 Å². The number of piperidine rings is 1. The van der Waals surface area contributed by atoms with Crippen LogP contribution in [-0.4, -0.2) is 40.1 Å². The van der Waals surface area contributed by atoms with Gasteiger partial charge in [-0.15, -0.1) is 0 Å². The van der Waals surface area contributed by atoms with Gasteiger partial charge >= 0.3 is 0 Å². The molecule has 0 saturated carbocycles. The van der Waals surface area contributed by atoms with Gasteiger partial charge in [0, 0.05) is 31.4 Å². The number of amides is 1. The van der Waals surface area contributed by atoms with Crippen LogP contribution in [0.4, 0.5) is 0 Å². The van der Waals surface area contributed by atoms with E-state index in [1.54, 1.807) is 12.3 Å². The second-order valence-corrected chi connectivity index (χ2v) is 5.81. The lowest BCUT2D eigenvalue weighted by Gasteiger charge is -2.37. The second-order valence-electron chi connectivity index (χ2n) is 5.81. The van der Waals surface area contributed by atoms with Crippen LogP contribution < -0.4 is 5.73 Å². The number of carbonyl (C=O) groups is 1. The summed E-state index contributed by atoms with van der Waals surface area (Å²) in [6.45, 7) is 3.37. The monoisotopic (exact) mass is 300 g/mol. The summed E-state index contributed by atoms with van der Waals surface area (Å²) in [4.78, 5) is 18.7. The van der Waals surface area contributed by atoms with Gasteiger partial charge in [0.1, 0.15) is 5.69 Å². The normalized spacial score (nSPS) is 21.8. The van der Waals surface area contributed by atoms with E-state index in [4.69, 9.17) is 10.3 Å². The van der Waals surface area contributed by atoms with Crippen LogP contribution in [0.15, 0.2) is 35.0 Å². The van der Waals surface area contributed by atoms with Gasteiger partial charge in [-0.3, -0.25) is 9.78 Å². The molecule has 0 bridgehead atoms. The third-order valence-corrected chi connectivity index (χ3v) is 4.16. The van der Waals surface area contributed by atoms with Crippen LogP contribution in [0.2, 0.25) is 0 Å². The minimum absolute atomic E-state index is 0.0691. The van der Waals surface area contributed by atoms with Gasteiger partial charge in [0.05, 0.1) is 5.69 Å². The zero-order valence-corrected chi connectivity index (χ0v) is 12.6. The molecule has 0 aromatic carbocycles. The van der Waals surface area contributed by atoms with Crippen molar-refractivity contribution in [2.75, 3.05) is 13.1 Å². The predicted molar refractivity (Wildman–Crippen MR) is 82.0 cm³/mol. The number of aromatic nitrogens is 2. The summed E-state index contributed by atoms with van der Waals surface area (Å²) in [5.74, 6) is 0.696. The van der Waals surface area contributed by atoms with E-state index in [1.807, 2.05) is 23.1 Å². The highest BCUT2D eigenvalue weighted by molar-refractivity contribution is 5.92. The first-order valence-corrected chi connectivity index (χ1v) is 7.58. The van der Waals surface area contributed by atoms with Crippen molar-refractivity contribution in [3.63, 3.8) is 0 Å². The van der Waals surface area contributed by atoms with Crippen molar-refractivity contribution >= 4 is 5.91 Å². The van der Waals surface area contributed by atoms with E-state index < -0.39 is 0 Å². The highest BCUT2D eigenvalue weighted by Crippen LogP contribution is 2.25. The van der Waals surface area contributed by atoms with Crippen LogP contribution in [0.3, 0.4) is 0 Å². The standard InChI is InChI=1S/C16H20N4O2/c1-11-5-7-20(12(8-11)10-17)16(21)15-9-14(19-22-15)13-4-2-3-6-18-13/h2-4,6,9,11-12H,5,7-8,10,17H2,1H3. The SMILES string of the molecule is CC1CCN(C(=O)c2cc(-c3ccccn3)no2)C(CN)C1. The van der Waals surface area contributed by atoms with Crippen molar-refractivity contribution in [3.05, 3.63) is 36.2 Å². The average molecular weight is 300 g/mol. The lowest BCUT2D eigenvalue weighted by Crippen LogP contribution is -2.49. The first-order valence-electron chi connectivity index (χ1n) is 7.58. The van der Waals surface area contributed by atoms with Gasteiger partial charge in [0.25, 0.3) is 5.91 Å². The largest absolute Gasteiger partial charge is 0.350 e. The van der Waals surface area contributed by atoms with Crippen molar-refractivity contribution < 1.29 is 9.32 Å². The molecule has 3 heterocycles. The Labute approximate surface area is 129 Å². The highest BCUT2D eigenvalue weighted by Gasteiger charge is 2.31. The van der Waals surface area contributed by atoms with E-state index in [2.05, 4.69) is 17.1 Å². The maximum Gasteiger partial charge on any atom is 0.292 e. The molecule has 2 N–H and O–H groups in total. The fourth-order valence-electron chi connectivity index (χ4n) is 2.89. The number of rotatable bonds is 3. The van der Waals surface area contributed by atoms with Crippen LogP contribution in [0.25, 0.3) is 11.4 Å². The number of hydrogen-bond acceptors (Lipinski definition) is 5. The fourth-order valence-corrected chi connectivity index (χ4v) is 2.89. The molecule has 3 rings (SSSR count). The lowest BCUT2D eigenvalue weighted by molar-refractivity contribution is 0.0532. The summed E-state index contributed by atoms with van der Waals surface area (Å²) in [6.07, 6.45) is 3.61. The van der Waals surface area contributed by atoms with E-state index in [0.29, 0.717) is 30.4 Å². The Morgan fingerprint density at radius 2 is 2.32 bits per heavy atom. The molecule has 1 fully saturated rings. The van der Waals surface area contributed by atoms with E-state index in [1.165, 1.54) is 0 Å². The second kappa shape index (κ2) is 6.27. The molecule has 6 nitrogen and oxygen atoms in total. The molecule has 22 heavy (non-hydrogen) atoms. The maximum atomic E-state index is 12.6. The minimum atomic E-state index is -0.142. The summed E-state index contributed by atoms with van der Waals surface area (Å²) in [7, 11) is 0. The third-order valence-electron chi connectivity index (χ3n) is 4.16. The van der Waals surface area contributed by atoms with Crippen LogP contribution >= 0.6 is 0 Å². The number of pyridine rings is 1. The molecule has 0 radical (unpaired) electrons. The number of hydrogen-bond donors (Lipinski definition) is 1. The summed E-state index contributed by atoms with van der Waals surface area (Å²) in [6, 6.07) is 7.25. The quantitative estimate of drug-likeness (QED) is 0.936. The Hall–Kier alpha value is -2.21. The van der Waals surface area contributed by atoms with Gasteiger partial charge in [-0.05, 0) is 30.9 Å². The van der Waals surface area contributed by atoms with Crippen molar-refractivity contribution in [1.82, 2.24) is 15.0 Å². The van der Waals surface area contributed by atoms with Crippen LogP contribution in [0.5, 0.6) is 0 Å². The molecule has 0 aliphatic carbocycles. The van der Waals surface area contributed by atoms with Gasteiger partial charge in [-0.1, -0.05) is 18.1 Å². The molecular formula is C16H20N4O2. The average Bonchev–Trinajstić information content (AvgIpc) is 3.05. The molecule has 0 spiro atoms. The Morgan fingerprint density at radius 3 is 3.05 bits per heavy atom. The Balaban J connectivity index is 1.79. The fraction of sp³-hybridized carbons (Fsp3) is 0.438. The Kier molecular flexibility index (Phi) is 4.20. The van der Waals surface area contributed by atoms with Crippen molar-refractivity contribution in [2.24, 2.45) is 11.7 Å². The van der Waals surface area contributed by atoms with Crippen molar-refractivity contribution in [1.29, 1.82) is 0 Å². The highest BCUT2D eigenvalue weighted by atomic mass is 16.5. The molecule has 2 atom stereocenters. The number of carbonyl (C=O) groups excluding carboxylic acids is 1. The zero-order chi connectivity index (χ0) is 15.5. The van der Waals surface area contributed by atoms with Gasteiger partial charge in [0.2, 0.25) is 5.76 Å². The Bertz CT molecular complexity index is 641. The summed E-state index contributed by atoms with van der Waals surface area (Å²) in [5.41, 5.74) is 7.07. The number of nitrogens with zero attached hydrogens (tertiary/aromatic N) is 3. The van der Waals surface area contributed by atoms with E-state index in [0.717, 1.165) is 12.8 Å². The first-order chi connectivity index (χ1) is 10.7. The van der Waals surface area contributed by atoms with Crippen LogP contribution in [0, 0.1) is 5.92 Å². The number of likely N-dealkylation sites (tertiary alicyclic amines) is 1. The lowest BCUT2D eigenvalue weighted by atomic mass is 9.92. The van der Waals surface area contributed by atoms with Gasteiger partial charge < -0.3 is 15.2 Å². The van der Waals surface area contributed by atoms with Crippen LogP contribution in [-0.2, 0) is 0 Å². The van der Waals surface area contributed by atoms with Gasteiger partial charge in [-0.25, -0.2) is 0 Å². The van der Waals surface area contributed by atoms with E-state index >= 15 is 0 Å².